The first-order valence-corrected chi connectivity index (χ1v) is 9.51. The molecule has 2 aromatic rings. The molecule has 0 aliphatic heterocycles. The van der Waals surface area contributed by atoms with Gasteiger partial charge in [0.1, 0.15) is 0 Å². The van der Waals surface area contributed by atoms with Crippen LogP contribution in [0.5, 0.6) is 11.5 Å². The normalized spacial score (nSPS) is 14.2. The van der Waals surface area contributed by atoms with E-state index in [-0.39, 0.29) is 12.2 Å². The Morgan fingerprint density at radius 3 is 2.50 bits per heavy atom. The third-order valence-electron chi connectivity index (χ3n) is 4.83. The number of hydrogen-bond donors (Lipinski definition) is 1. The summed E-state index contributed by atoms with van der Waals surface area (Å²) in [5.41, 5.74) is 9.15. The van der Waals surface area contributed by atoms with E-state index in [1.807, 2.05) is 42.8 Å². The number of rotatable bonds is 9. The fourth-order valence-corrected chi connectivity index (χ4v) is 3.08. The lowest BCUT2D eigenvalue weighted by Crippen LogP contribution is -2.11. The zero-order valence-corrected chi connectivity index (χ0v) is 16.7. The van der Waals surface area contributed by atoms with Gasteiger partial charge in [0, 0.05) is 35.3 Å². The summed E-state index contributed by atoms with van der Waals surface area (Å²) in [5, 5.41) is 0. The quantitative estimate of drug-likeness (QED) is 0.672. The molecule has 0 bridgehead atoms. The van der Waals surface area contributed by atoms with Crippen LogP contribution in [-0.4, -0.2) is 31.6 Å². The van der Waals surface area contributed by atoms with Gasteiger partial charge >= 0.3 is 0 Å². The highest BCUT2D eigenvalue weighted by Gasteiger charge is 2.22. The molecule has 3 rings (SSSR count). The van der Waals surface area contributed by atoms with Gasteiger partial charge in [0.25, 0.3) is 0 Å². The van der Waals surface area contributed by atoms with Gasteiger partial charge in [-0.25, -0.2) is 0 Å². The number of aryl methyl sites for hydroxylation is 2. The number of hydrogen-bond acceptors (Lipinski definition) is 5. The van der Waals surface area contributed by atoms with Gasteiger partial charge < -0.3 is 24.5 Å². The summed E-state index contributed by atoms with van der Waals surface area (Å²) >= 11 is 0. The predicted octanol–water partition coefficient (Wildman–Crippen LogP) is 3.19. The van der Waals surface area contributed by atoms with Gasteiger partial charge in [-0.3, -0.25) is 4.79 Å². The van der Waals surface area contributed by atoms with Gasteiger partial charge in [0.2, 0.25) is 0 Å². The van der Waals surface area contributed by atoms with Crippen molar-refractivity contribution in [2.24, 2.45) is 11.7 Å². The molecule has 0 unspecified atom stereocenters. The molecule has 1 fully saturated rings. The summed E-state index contributed by atoms with van der Waals surface area (Å²) in [6, 6.07) is 9.08. The van der Waals surface area contributed by atoms with Crippen LogP contribution in [0.1, 0.15) is 29.8 Å². The third-order valence-corrected chi connectivity index (χ3v) is 4.83. The maximum Gasteiger partial charge on any atom is 0.182 e. The van der Waals surface area contributed by atoms with Crippen LogP contribution in [-0.2, 0) is 4.74 Å². The average Bonchev–Trinajstić information content (AvgIpc) is 3.49. The molecule has 1 aliphatic rings. The Labute approximate surface area is 165 Å². The largest absolute Gasteiger partial charge is 0.493 e. The van der Waals surface area contributed by atoms with E-state index < -0.39 is 0 Å². The maximum atomic E-state index is 11.7. The number of pyridine rings is 1. The highest BCUT2D eigenvalue weighted by atomic mass is 16.5. The van der Waals surface area contributed by atoms with Crippen LogP contribution in [0.4, 0.5) is 0 Å². The van der Waals surface area contributed by atoms with Crippen molar-refractivity contribution >= 4 is 11.8 Å². The van der Waals surface area contributed by atoms with Crippen LogP contribution in [0.3, 0.4) is 0 Å². The van der Waals surface area contributed by atoms with Crippen LogP contribution in [0.2, 0.25) is 0 Å². The van der Waals surface area contributed by atoms with Crippen LogP contribution in [0, 0.1) is 19.8 Å². The number of aromatic nitrogens is 1. The molecule has 2 N–H and O–H groups in total. The van der Waals surface area contributed by atoms with Gasteiger partial charge in [-0.2, -0.15) is 0 Å². The Morgan fingerprint density at radius 1 is 1.18 bits per heavy atom. The molecule has 1 aromatic heterocycles. The monoisotopic (exact) mass is 384 g/mol. The van der Waals surface area contributed by atoms with Gasteiger partial charge in [0.15, 0.2) is 16.9 Å². The molecule has 0 amide bonds. The lowest BCUT2D eigenvalue weighted by molar-refractivity contribution is 0.175. The number of nitrogens with two attached hydrogens (primary N) is 1. The molecule has 150 valence electrons. The molecule has 1 aromatic carbocycles. The Hall–Kier alpha value is -2.57. The van der Waals surface area contributed by atoms with Crippen molar-refractivity contribution in [2.75, 3.05) is 27.1 Å². The van der Waals surface area contributed by atoms with E-state index in [0.717, 1.165) is 28.3 Å². The van der Waals surface area contributed by atoms with Crippen LogP contribution in [0.25, 0.3) is 11.8 Å². The van der Waals surface area contributed by atoms with E-state index in [0.29, 0.717) is 24.9 Å². The first-order chi connectivity index (χ1) is 13.5. The standard InChI is InChI=1S/C22H28N2O4/c1-15-8-20(25)9-16(2)24(15)11-19(13-27-14-23)18-6-7-21(26-3)22(10-18)28-12-17-4-5-17/h6-11,17H,4-5,12-14,23H2,1-3H3/b19-11+. The minimum absolute atomic E-state index is 0.000354. The summed E-state index contributed by atoms with van der Waals surface area (Å²) in [6.07, 6.45) is 4.43. The minimum atomic E-state index is -0.000354. The molecule has 1 saturated carbocycles. The van der Waals surface area contributed by atoms with Gasteiger partial charge in [-0.05, 0) is 50.3 Å². The second-order valence-corrected chi connectivity index (χ2v) is 7.13. The number of methoxy groups -OCH3 is 1. The number of ether oxygens (including phenoxy) is 3. The molecule has 6 heteroatoms. The summed E-state index contributed by atoms with van der Waals surface area (Å²) in [4.78, 5) is 11.7. The van der Waals surface area contributed by atoms with E-state index in [9.17, 15) is 4.79 Å². The molecule has 28 heavy (non-hydrogen) atoms. The topological polar surface area (TPSA) is 75.7 Å². The molecule has 6 nitrogen and oxygen atoms in total. The molecule has 0 spiro atoms. The van der Waals surface area contributed by atoms with Crippen molar-refractivity contribution in [3.05, 3.63) is 57.5 Å². The van der Waals surface area contributed by atoms with Crippen LogP contribution in [0.15, 0.2) is 35.1 Å². The van der Waals surface area contributed by atoms with E-state index in [1.54, 1.807) is 19.2 Å². The summed E-state index contributed by atoms with van der Waals surface area (Å²) in [7, 11) is 1.64. The maximum absolute atomic E-state index is 11.7. The Balaban J connectivity index is 1.99. The van der Waals surface area contributed by atoms with Crippen molar-refractivity contribution < 1.29 is 14.2 Å². The van der Waals surface area contributed by atoms with Crippen molar-refractivity contribution in [3.63, 3.8) is 0 Å². The van der Waals surface area contributed by atoms with Gasteiger partial charge in [-0.15, -0.1) is 0 Å². The van der Waals surface area contributed by atoms with E-state index >= 15 is 0 Å². The molecular weight excluding hydrogens is 356 g/mol. The summed E-state index contributed by atoms with van der Waals surface area (Å²) in [6.45, 7) is 4.99. The van der Waals surface area contributed by atoms with Gasteiger partial charge in [0.05, 0.1) is 27.1 Å². The molecule has 0 atom stereocenters. The fraction of sp³-hybridized carbons (Fsp3) is 0.409. The van der Waals surface area contributed by atoms with Crippen LogP contribution < -0.4 is 20.6 Å². The number of benzene rings is 1. The molecule has 1 heterocycles. The van der Waals surface area contributed by atoms with E-state index in [1.165, 1.54) is 12.8 Å². The predicted molar refractivity (Wildman–Crippen MR) is 111 cm³/mol. The summed E-state index contributed by atoms with van der Waals surface area (Å²) < 4.78 is 18.9. The smallest absolute Gasteiger partial charge is 0.182 e. The summed E-state index contributed by atoms with van der Waals surface area (Å²) in [5.74, 6) is 2.08. The molecule has 0 saturated heterocycles. The molecule has 1 aliphatic carbocycles. The number of nitrogens with zero attached hydrogens (tertiary/aromatic N) is 1. The Bertz CT molecular complexity index is 887. The van der Waals surface area contributed by atoms with Crippen molar-refractivity contribution in [1.82, 2.24) is 4.57 Å². The highest BCUT2D eigenvalue weighted by molar-refractivity contribution is 5.78. The van der Waals surface area contributed by atoms with Crippen LogP contribution >= 0.6 is 0 Å². The average molecular weight is 384 g/mol. The second-order valence-electron chi connectivity index (χ2n) is 7.13. The SMILES string of the molecule is COc1ccc(/C(=C/n2c(C)cc(=O)cc2C)COCN)cc1OCC1CC1. The van der Waals surface area contributed by atoms with E-state index in [4.69, 9.17) is 19.9 Å². The second kappa shape index (κ2) is 9.08. The molecular formula is C22H28N2O4. The van der Waals surface area contributed by atoms with Crippen molar-refractivity contribution in [3.8, 4) is 11.5 Å². The first kappa shape index (κ1) is 20.2. The van der Waals surface area contributed by atoms with Crippen molar-refractivity contribution in [1.29, 1.82) is 0 Å². The zero-order valence-electron chi connectivity index (χ0n) is 16.7. The molecule has 0 radical (unpaired) electrons. The Morgan fingerprint density at radius 2 is 1.89 bits per heavy atom. The lowest BCUT2D eigenvalue weighted by atomic mass is 10.1. The fourth-order valence-electron chi connectivity index (χ4n) is 3.08. The lowest BCUT2D eigenvalue weighted by Gasteiger charge is -2.16. The minimum Gasteiger partial charge on any atom is -0.493 e. The van der Waals surface area contributed by atoms with E-state index in [2.05, 4.69) is 0 Å². The van der Waals surface area contributed by atoms with Gasteiger partial charge in [-0.1, -0.05) is 6.07 Å². The zero-order chi connectivity index (χ0) is 20.1. The van der Waals surface area contributed by atoms with Crippen molar-refractivity contribution in [2.45, 2.75) is 26.7 Å². The third kappa shape index (κ3) is 5.03. The Kier molecular flexibility index (Phi) is 6.54. The first-order valence-electron chi connectivity index (χ1n) is 9.51. The highest BCUT2D eigenvalue weighted by Crippen LogP contribution is 2.34.